The third-order valence-corrected chi connectivity index (χ3v) is 3.34. The topological polar surface area (TPSA) is 29.3 Å². The number of anilines is 1. The van der Waals surface area contributed by atoms with Gasteiger partial charge in [-0.05, 0) is 42.8 Å². The standard InChI is InChI=1S/C16H17F3N2/c1-2-21(13-5-3-4-12(17)9-13)10-16(20)11-6-7-14(18)15(19)8-11/h3-9,16H,2,10,20H2,1H3. The van der Waals surface area contributed by atoms with E-state index in [9.17, 15) is 13.2 Å². The molecular formula is C16H17F3N2. The molecule has 0 amide bonds. The van der Waals surface area contributed by atoms with Gasteiger partial charge in [0.2, 0.25) is 0 Å². The SMILES string of the molecule is CCN(CC(N)c1ccc(F)c(F)c1)c1cccc(F)c1. The van der Waals surface area contributed by atoms with Gasteiger partial charge >= 0.3 is 0 Å². The largest absolute Gasteiger partial charge is 0.370 e. The molecule has 0 aliphatic heterocycles. The van der Waals surface area contributed by atoms with Gasteiger partial charge in [0.15, 0.2) is 11.6 Å². The summed E-state index contributed by atoms with van der Waals surface area (Å²) in [4.78, 5) is 1.88. The van der Waals surface area contributed by atoms with Crippen molar-refractivity contribution in [2.75, 3.05) is 18.0 Å². The lowest BCUT2D eigenvalue weighted by molar-refractivity contribution is 0.505. The van der Waals surface area contributed by atoms with Crippen molar-refractivity contribution in [3.63, 3.8) is 0 Å². The first-order chi connectivity index (χ1) is 10.0. The van der Waals surface area contributed by atoms with Crippen LogP contribution in [-0.2, 0) is 0 Å². The van der Waals surface area contributed by atoms with Crippen molar-refractivity contribution < 1.29 is 13.2 Å². The number of nitrogens with zero attached hydrogens (tertiary/aromatic N) is 1. The number of hydrogen-bond donors (Lipinski definition) is 1. The minimum Gasteiger partial charge on any atom is -0.370 e. The quantitative estimate of drug-likeness (QED) is 0.912. The molecule has 0 saturated carbocycles. The van der Waals surface area contributed by atoms with Gasteiger partial charge < -0.3 is 10.6 Å². The highest BCUT2D eigenvalue weighted by Crippen LogP contribution is 2.20. The van der Waals surface area contributed by atoms with Gasteiger partial charge in [0.05, 0.1) is 0 Å². The van der Waals surface area contributed by atoms with Crippen LogP contribution in [0.1, 0.15) is 18.5 Å². The van der Waals surface area contributed by atoms with Crippen molar-refractivity contribution in [3.8, 4) is 0 Å². The lowest BCUT2D eigenvalue weighted by Gasteiger charge is -2.26. The Morgan fingerprint density at radius 1 is 1.05 bits per heavy atom. The van der Waals surface area contributed by atoms with Gasteiger partial charge in [-0.3, -0.25) is 0 Å². The van der Waals surface area contributed by atoms with Gasteiger partial charge in [0.25, 0.3) is 0 Å². The first-order valence-corrected chi connectivity index (χ1v) is 6.72. The molecule has 112 valence electrons. The summed E-state index contributed by atoms with van der Waals surface area (Å²) in [5, 5.41) is 0. The van der Waals surface area contributed by atoms with Crippen LogP contribution in [0.4, 0.5) is 18.9 Å². The van der Waals surface area contributed by atoms with E-state index in [0.717, 1.165) is 12.1 Å². The van der Waals surface area contributed by atoms with Crippen molar-refractivity contribution in [3.05, 3.63) is 65.5 Å². The van der Waals surface area contributed by atoms with E-state index in [-0.39, 0.29) is 5.82 Å². The van der Waals surface area contributed by atoms with E-state index >= 15 is 0 Å². The van der Waals surface area contributed by atoms with Crippen molar-refractivity contribution in [1.29, 1.82) is 0 Å². The molecule has 0 aromatic heterocycles. The predicted octanol–water partition coefficient (Wildman–Crippen LogP) is 3.63. The molecule has 2 nitrogen and oxygen atoms in total. The van der Waals surface area contributed by atoms with Crippen molar-refractivity contribution in [2.45, 2.75) is 13.0 Å². The van der Waals surface area contributed by atoms with E-state index in [2.05, 4.69) is 0 Å². The number of likely N-dealkylation sites (N-methyl/N-ethyl adjacent to an activating group) is 1. The Morgan fingerprint density at radius 3 is 2.43 bits per heavy atom. The Kier molecular flexibility index (Phi) is 4.85. The first kappa shape index (κ1) is 15.4. The summed E-state index contributed by atoms with van der Waals surface area (Å²) < 4.78 is 39.4. The van der Waals surface area contributed by atoms with E-state index in [4.69, 9.17) is 5.73 Å². The van der Waals surface area contributed by atoms with Crippen LogP contribution in [0.3, 0.4) is 0 Å². The van der Waals surface area contributed by atoms with Crippen LogP contribution in [0.5, 0.6) is 0 Å². The normalized spacial score (nSPS) is 12.2. The summed E-state index contributed by atoms with van der Waals surface area (Å²) in [6, 6.07) is 9.31. The zero-order valence-electron chi connectivity index (χ0n) is 11.7. The molecule has 0 fully saturated rings. The van der Waals surface area contributed by atoms with Gasteiger partial charge in [-0.1, -0.05) is 12.1 Å². The molecule has 1 atom stereocenters. The molecule has 0 radical (unpaired) electrons. The van der Waals surface area contributed by atoms with Crippen molar-refractivity contribution >= 4 is 5.69 Å². The Balaban J connectivity index is 2.16. The highest BCUT2D eigenvalue weighted by Gasteiger charge is 2.14. The summed E-state index contributed by atoms with van der Waals surface area (Å²) >= 11 is 0. The highest BCUT2D eigenvalue weighted by molar-refractivity contribution is 5.46. The first-order valence-electron chi connectivity index (χ1n) is 6.72. The molecule has 0 spiro atoms. The molecule has 2 N–H and O–H groups in total. The van der Waals surface area contributed by atoms with E-state index in [1.165, 1.54) is 18.2 Å². The molecule has 0 bridgehead atoms. The van der Waals surface area contributed by atoms with Crippen LogP contribution < -0.4 is 10.6 Å². The Bertz CT molecular complexity index is 616. The van der Waals surface area contributed by atoms with Gasteiger partial charge in [-0.2, -0.15) is 0 Å². The number of rotatable bonds is 5. The van der Waals surface area contributed by atoms with Crippen LogP contribution in [-0.4, -0.2) is 13.1 Å². The molecule has 2 rings (SSSR count). The molecule has 0 aliphatic rings. The van der Waals surface area contributed by atoms with Gasteiger partial charge in [-0.25, -0.2) is 13.2 Å². The summed E-state index contributed by atoms with van der Waals surface area (Å²) in [6.07, 6.45) is 0. The second kappa shape index (κ2) is 6.63. The average Bonchev–Trinajstić information content (AvgIpc) is 2.47. The molecule has 5 heteroatoms. The maximum Gasteiger partial charge on any atom is 0.159 e. The van der Waals surface area contributed by atoms with Crippen molar-refractivity contribution in [1.82, 2.24) is 0 Å². The van der Waals surface area contributed by atoms with E-state index in [1.807, 2.05) is 11.8 Å². The molecule has 0 heterocycles. The third-order valence-electron chi connectivity index (χ3n) is 3.34. The molecule has 2 aromatic carbocycles. The number of hydrogen-bond acceptors (Lipinski definition) is 2. The Labute approximate surface area is 122 Å². The van der Waals surface area contributed by atoms with Crippen molar-refractivity contribution in [2.24, 2.45) is 5.73 Å². The molecule has 1 unspecified atom stereocenters. The minimum atomic E-state index is -0.920. The molecule has 0 aliphatic carbocycles. The summed E-state index contributed by atoms with van der Waals surface area (Å²) in [6.45, 7) is 2.93. The van der Waals surface area contributed by atoms with Crippen LogP contribution in [0, 0.1) is 17.5 Å². The molecule has 0 saturated heterocycles. The zero-order valence-corrected chi connectivity index (χ0v) is 11.7. The van der Waals surface area contributed by atoms with Gasteiger partial charge in [-0.15, -0.1) is 0 Å². The van der Waals surface area contributed by atoms with Gasteiger partial charge in [0, 0.05) is 24.8 Å². The average molecular weight is 294 g/mol. The molecule has 21 heavy (non-hydrogen) atoms. The smallest absolute Gasteiger partial charge is 0.159 e. The van der Waals surface area contributed by atoms with Crippen LogP contribution in [0.25, 0.3) is 0 Å². The van der Waals surface area contributed by atoms with E-state index < -0.39 is 17.7 Å². The molecular weight excluding hydrogens is 277 g/mol. The zero-order chi connectivity index (χ0) is 15.4. The molecule has 2 aromatic rings. The fourth-order valence-corrected chi connectivity index (χ4v) is 2.18. The van der Waals surface area contributed by atoms with Crippen LogP contribution >= 0.6 is 0 Å². The summed E-state index contributed by atoms with van der Waals surface area (Å²) in [5.74, 6) is -2.15. The van der Waals surface area contributed by atoms with Crippen LogP contribution in [0.2, 0.25) is 0 Å². The van der Waals surface area contributed by atoms with E-state index in [0.29, 0.717) is 24.3 Å². The monoisotopic (exact) mass is 294 g/mol. The maximum absolute atomic E-state index is 13.3. The second-order valence-electron chi connectivity index (χ2n) is 4.80. The summed E-state index contributed by atoms with van der Waals surface area (Å²) in [7, 11) is 0. The lowest BCUT2D eigenvalue weighted by atomic mass is 10.1. The number of halogens is 3. The van der Waals surface area contributed by atoms with E-state index in [1.54, 1.807) is 12.1 Å². The fourth-order valence-electron chi connectivity index (χ4n) is 2.18. The predicted molar refractivity (Wildman–Crippen MR) is 77.6 cm³/mol. The number of nitrogens with two attached hydrogens (primary N) is 1. The third kappa shape index (κ3) is 3.76. The Hall–Kier alpha value is -2.01. The Morgan fingerprint density at radius 2 is 1.81 bits per heavy atom. The fraction of sp³-hybridized carbons (Fsp3) is 0.250. The lowest BCUT2D eigenvalue weighted by Crippen LogP contribution is -2.32. The van der Waals surface area contributed by atoms with Crippen LogP contribution in [0.15, 0.2) is 42.5 Å². The van der Waals surface area contributed by atoms with Gasteiger partial charge in [0.1, 0.15) is 5.82 Å². The minimum absolute atomic E-state index is 0.327. The maximum atomic E-state index is 13.3. The number of benzene rings is 2. The highest BCUT2D eigenvalue weighted by atomic mass is 19.2. The summed E-state index contributed by atoms with van der Waals surface area (Å²) in [5.41, 5.74) is 7.25. The second-order valence-corrected chi connectivity index (χ2v) is 4.80.